The molecule has 2 fully saturated rings. The molecule has 3 atom stereocenters. The molecular formula is C39H46N6O6. The third kappa shape index (κ3) is 9.24. The Kier molecular flexibility index (Phi) is 11.2. The maximum absolute atomic E-state index is 13.8. The van der Waals surface area contributed by atoms with Crippen LogP contribution in [0.25, 0.3) is 0 Å². The molecule has 1 aliphatic carbocycles. The number of piperidine rings is 1. The van der Waals surface area contributed by atoms with E-state index in [4.69, 9.17) is 4.74 Å². The second kappa shape index (κ2) is 16.1. The summed E-state index contributed by atoms with van der Waals surface area (Å²) in [4.78, 5) is 69.8. The monoisotopic (exact) mass is 694 g/mol. The van der Waals surface area contributed by atoms with Gasteiger partial charge in [0.05, 0.1) is 6.54 Å². The highest BCUT2D eigenvalue weighted by Crippen LogP contribution is 2.35. The number of anilines is 1. The highest BCUT2D eigenvalue weighted by atomic mass is 16.5. The van der Waals surface area contributed by atoms with E-state index in [0.29, 0.717) is 24.2 Å². The van der Waals surface area contributed by atoms with Crippen LogP contribution in [0.5, 0.6) is 5.75 Å². The van der Waals surface area contributed by atoms with E-state index in [0.717, 1.165) is 42.7 Å². The zero-order valence-corrected chi connectivity index (χ0v) is 28.9. The fourth-order valence-corrected chi connectivity index (χ4v) is 6.48. The van der Waals surface area contributed by atoms with Crippen LogP contribution in [0.2, 0.25) is 0 Å². The fourth-order valence-electron chi connectivity index (χ4n) is 6.48. The molecule has 7 rings (SSSR count). The highest BCUT2D eigenvalue weighted by Gasteiger charge is 2.51. The number of carbonyl (C=O) groups excluding carboxylic acids is 5. The quantitative estimate of drug-likeness (QED) is 0.257. The first-order chi connectivity index (χ1) is 24.7. The van der Waals surface area contributed by atoms with Crippen molar-refractivity contribution in [2.24, 2.45) is 0 Å². The molecule has 12 nitrogen and oxygen atoms in total. The Labute approximate surface area is 298 Å². The number of amides is 5. The van der Waals surface area contributed by atoms with Crippen LogP contribution in [0, 0.1) is 0 Å². The van der Waals surface area contributed by atoms with Gasteiger partial charge in [-0.15, -0.1) is 0 Å². The van der Waals surface area contributed by atoms with Gasteiger partial charge in [0.15, 0.2) is 0 Å². The van der Waals surface area contributed by atoms with Crippen molar-refractivity contribution < 1.29 is 28.7 Å². The van der Waals surface area contributed by atoms with Crippen molar-refractivity contribution in [1.29, 1.82) is 0 Å². The molecule has 51 heavy (non-hydrogen) atoms. The molecule has 1 spiro atoms. The van der Waals surface area contributed by atoms with Crippen molar-refractivity contribution in [3.63, 3.8) is 0 Å². The zero-order chi connectivity index (χ0) is 35.8. The van der Waals surface area contributed by atoms with Crippen molar-refractivity contribution in [3.8, 4) is 5.75 Å². The van der Waals surface area contributed by atoms with Crippen molar-refractivity contribution in [3.05, 3.63) is 95.6 Å². The second-order valence-electron chi connectivity index (χ2n) is 13.6. The number of carbonyl (C=O) groups is 5. The van der Waals surface area contributed by atoms with E-state index in [-0.39, 0.29) is 31.9 Å². The predicted octanol–water partition coefficient (Wildman–Crippen LogP) is 2.41. The number of nitrogens with zero attached hydrogens (tertiary/aromatic N) is 1. The summed E-state index contributed by atoms with van der Waals surface area (Å²) in [5.41, 5.74) is 1.99. The van der Waals surface area contributed by atoms with Crippen LogP contribution in [-0.2, 0) is 32.0 Å². The summed E-state index contributed by atoms with van der Waals surface area (Å²) < 4.78 is 5.83. The average molecular weight is 695 g/mol. The number of rotatable bonds is 5. The molecule has 12 heteroatoms. The Morgan fingerprint density at radius 3 is 2.24 bits per heavy atom. The van der Waals surface area contributed by atoms with E-state index in [9.17, 15) is 24.0 Å². The Hall–Kier alpha value is -5.39. The van der Waals surface area contributed by atoms with Crippen LogP contribution in [0.4, 0.5) is 5.69 Å². The first-order valence-corrected chi connectivity index (χ1v) is 17.8. The van der Waals surface area contributed by atoms with Crippen LogP contribution >= 0.6 is 0 Å². The maximum atomic E-state index is 13.8. The third-order valence-corrected chi connectivity index (χ3v) is 9.71. The van der Waals surface area contributed by atoms with Crippen LogP contribution in [0.3, 0.4) is 0 Å². The minimum Gasteiger partial charge on any atom is -0.492 e. The fraction of sp³-hybridized carbons (Fsp3) is 0.410. The lowest BCUT2D eigenvalue weighted by Crippen LogP contribution is -2.59. The van der Waals surface area contributed by atoms with Gasteiger partial charge < -0.3 is 36.2 Å². The third-order valence-electron chi connectivity index (χ3n) is 9.71. The number of benzene rings is 3. The summed E-state index contributed by atoms with van der Waals surface area (Å²) in [5.74, 6) is -1.78. The number of hydrogen-bond donors (Lipinski definition) is 5. The van der Waals surface area contributed by atoms with Gasteiger partial charge in [-0.2, -0.15) is 0 Å². The molecule has 268 valence electrons. The van der Waals surface area contributed by atoms with E-state index in [1.165, 1.54) is 13.3 Å². The molecule has 3 aromatic rings. The minimum absolute atomic E-state index is 0.148. The van der Waals surface area contributed by atoms with Crippen LogP contribution in [0.15, 0.2) is 78.9 Å². The molecule has 5 N–H and O–H groups in total. The Morgan fingerprint density at radius 2 is 1.55 bits per heavy atom. The molecule has 3 heterocycles. The van der Waals surface area contributed by atoms with Crippen LogP contribution in [-0.4, -0.2) is 79.4 Å². The molecule has 4 aliphatic rings. The Morgan fingerprint density at radius 1 is 0.843 bits per heavy atom. The van der Waals surface area contributed by atoms with E-state index in [2.05, 4.69) is 31.5 Å². The smallest absolute Gasteiger partial charge is 0.251 e. The molecule has 3 aliphatic heterocycles. The number of hydrogen-bond acceptors (Lipinski definition) is 7. The van der Waals surface area contributed by atoms with E-state index >= 15 is 0 Å². The maximum Gasteiger partial charge on any atom is 0.251 e. The van der Waals surface area contributed by atoms with Gasteiger partial charge in [-0.1, -0.05) is 42.5 Å². The molecular weight excluding hydrogens is 648 g/mol. The summed E-state index contributed by atoms with van der Waals surface area (Å²) in [5, 5.41) is 14.1. The molecule has 5 amide bonds. The number of fused-ring (bicyclic) bond motifs is 15. The van der Waals surface area contributed by atoms with Crippen molar-refractivity contribution in [2.45, 2.75) is 75.5 Å². The SMILES string of the molecule is C[C@@H]1NC(=O)[C@@H](NC(=O)c2ccc(N3CCCCC3)cc2)Cc2ccc(cc2)OCCNC(=O)C2(CC2)NC(=O)[C@@H](Cc2ccccc2)NC1=O. The predicted molar refractivity (Wildman–Crippen MR) is 192 cm³/mol. The Balaban J connectivity index is 1.21. The van der Waals surface area contributed by atoms with Crippen molar-refractivity contribution in [2.75, 3.05) is 31.1 Å². The Bertz CT molecular complexity index is 1700. The lowest BCUT2D eigenvalue weighted by atomic mass is 10.0. The highest BCUT2D eigenvalue weighted by molar-refractivity contribution is 6.00. The van der Waals surface area contributed by atoms with Gasteiger partial charge in [-0.25, -0.2) is 0 Å². The zero-order valence-electron chi connectivity index (χ0n) is 28.9. The van der Waals surface area contributed by atoms with Gasteiger partial charge >= 0.3 is 0 Å². The summed E-state index contributed by atoms with van der Waals surface area (Å²) in [6.07, 6.45) is 4.78. The molecule has 2 bridgehead atoms. The summed E-state index contributed by atoms with van der Waals surface area (Å²) in [6, 6.07) is 20.7. The summed E-state index contributed by atoms with van der Waals surface area (Å²) in [6.45, 7) is 3.93. The molecule has 0 radical (unpaired) electrons. The van der Waals surface area contributed by atoms with Gasteiger partial charge in [-0.3, -0.25) is 24.0 Å². The lowest BCUT2D eigenvalue weighted by molar-refractivity contribution is -0.134. The summed E-state index contributed by atoms with van der Waals surface area (Å²) in [7, 11) is 0. The first-order valence-electron chi connectivity index (χ1n) is 17.8. The number of nitrogens with one attached hydrogen (secondary N) is 5. The first kappa shape index (κ1) is 35.4. The molecule has 0 unspecified atom stereocenters. The van der Waals surface area contributed by atoms with E-state index in [1.807, 2.05) is 54.6 Å². The molecule has 3 aromatic carbocycles. The second-order valence-corrected chi connectivity index (χ2v) is 13.6. The lowest BCUT2D eigenvalue weighted by Gasteiger charge is -2.29. The van der Waals surface area contributed by atoms with Crippen LogP contribution < -0.4 is 36.2 Å². The van der Waals surface area contributed by atoms with Gasteiger partial charge in [0.1, 0.15) is 36.0 Å². The average Bonchev–Trinajstić information content (AvgIpc) is 3.94. The number of ether oxygens (including phenoxy) is 1. The van der Waals surface area contributed by atoms with Gasteiger partial charge in [0, 0.05) is 37.2 Å². The summed E-state index contributed by atoms with van der Waals surface area (Å²) >= 11 is 0. The van der Waals surface area contributed by atoms with Crippen molar-refractivity contribution in [1.82, 2.24) is 26.6 Å². The largest absolute Gasteiger partial charge is 0.492 e. The van der Waals surface area contributed by atoms with Gasteiger partial charge in [0.25, 0.3) is 5.91 Å². The molecule has 1 saturated carbocycles. The van der Waals surface area contributed by atoms with Gasteiger partial charge in [-0.05, 0) is 86.6 Å². The van der Waals surface area contributed by atoms with E-state index < -0.39 is 47.3 Å². The molecule has 1 saturated heterocycles. The molecule has 0 aromatic heterocycles. The standard InChI is InChI=1S/C39H46N6O6/c1-26-34(46)42-33(24-27-8-4-2-5-9-27)37(49)44-39(18-19-39)38(50)40-20-23-51-31-16-10-28(11-17-31)25-32(36(48)41-26)43-35(47)29-12-14-30(15-13-29)45-21-6-3-7-22-45/h2,4-5,8-17,26,32-33H,3,6-7,18-25H2,1H3,(H,40,50)(H,41,48)(H,42,46)(H,43,47)(H,44,49)/t26-,32-,33+/m0/s1. The topological polar surface area (TPSA) is 158 Å². The van der Waals surface area contributed by atoms with Gasteiger partial charge in [0.2, 0.25) is 23.6 Å². The minimum atomic E-state index is -1.06. The normalized spacial score (nSPS) is 22.8. The van der Waals surface area contributed by atoms with Crippen LogP contribution in [0.1, 0.15) is 60.5 Å². The van der Waals surface area contributed by atoms with Crippen molar-refractivity contribution >= 4 is 35.2 Å². The van der Waals surface area contributed by atoms with E-state index in [1.54, 1.807) is 24.3 Å².